The van der Waals surface area contributed by atoms with Crippen molar-refractivity contribution in [3.8, 4) is 0 Å². The Labute approximate surface area is 97.2 Å². The lowest BCUT2D eigenvalue weighted by Gasteiger charge is -2.05. The second kappa shape index (κ2) is 4.98. The van der Waals surface area contributed by atoms with Gasteiger partial charge < -0.3 is 10.4 Å². The van der Waals surface area contributed by atoms with Crippen molar-refractivity contribution in [1.82, 2.24) is 9.78 Å². The van der Waals surface area contributed by atoms with Gasteiger partial charge in [0, 0.05) is 19.3 Å². The standard InChI is InChI=1S/C9H12ClN3O3/c1-5-7(9(15)16)8(13(2)12-5)11-6(14)3-4-10/h3-4H2,1-2H3,(H,11,14)(H,15,16). The first kappa shape index (κ1) is 12.5. The molecule has 1 rings (SSSR count). The molecule has 0 unspecified atom stereocenters. The molecule has 0 bridgehead atoms. The molecule has 0 aliphatic rings. The molecule has 1 aromatic rings. The number of nitrogens with zero attached hydrogens (tertiary/aromatic N) is 2. The quantitative estimate of drug-likeness (QED) is 0.775. The largest absolute Gasteiger partial charge is 0.477 e. The lowest BCUT2D eigenvalue weighted by molar-refractivity contribution is -0.115. The van der Waals surface area contributed by atoms with Crippen molar-refractivity contribution < 1.29 is 14.7 Å². The Morgan fingerprint density at radius 3 is 2.69 bits per heavy atom. The number of aromatic carboxylic acids is 1. The van der Waals surface area contributed by atoms with Crippen LogP contribution >= 0.6 is 11.6 Å². The van der Waals surface area contributed by atoms with Crippen LogP contribution in [0.1, 0.15) is 22.5 Å². The Morgan fingerprint density at radius 2 is 2.19 bits per heavy atom. The maximum atomic E-state index is 11.3. The molecule has 1 heterocycles. The minimum atomic E-state index is -1.12. The second-order valence-electron chi connectivity index (χ2n) is 3.22. The maximum absolute atomic E-state index is 11.3. The second-order valence-corrected chi connectivity index (χ2v) is 3.60. The van der Waals surface area contributed by atoms with E-state index in [4.69, 9.17) is 16.7 Å². The third-order valence-electron chi connectivity index (χ3n) is 2.02. The number of hydrogen-bond acceptors (Lipinski definition) is 3. The van der Waals surface area contributed by atoms with E-state index in [0.29, 0.717) is 5.69 Å². The summed E-state index contributed by atoms with van der Waals surface area (Å²) in [6.45, 7) is 1.57. The SMILES string of the molecule is Cc1nn(C)c(NC(=O)CCCl)c1C(=O)O. The first-order valence-electron chi connectivity index (χ1n) is 4.60. The van der Waals surface area contributed by atoms with Crippen LogP contribution in [0.15, 0.2) is 0 Å². The van der Waals surface area contributed by atoms with Crippen molar-refractivity contribution in [3.63, 3.8) is 0 Å². The molecule has 0 aliphatic heterocycles. The summed E-state index contributed by atoms with van der Waals surface area (Å²) >= 11 is 5.41. The predicted molar refractivity (Wildman–Crippen MR) is 58.9 cm³/mol. The van der Waals surface area contributed by atoms with Crippen molar-refractivity contribution in [3.05, 3.63) is 11.3 Å². The number of halogens is 1. The van der Waals surface area contributed by atoms with Crippen LogP contribution in [0.2, 0.25) is 0 Å². The van der Waals surface area contributed by atoms with Gasteiger partial charge in [-0.15, -0.1) is 11.6 Å². The number of alkyl halides is 1. The number of rotatable bonds is 4. The number of carbonyl (C=O) groups is 2. The maximum Gasteiger partial charge on any atom is 0.341 e. The number of carboxylic acids is 1. The smallest absolute Gasteiger partial charge is 0.341 e. The fourth-order valence-electron chi connectivity index (χ4n) is 1.34. The van der Waals surface area contributed by atoms with Gasteiger partial charge in [0.05, 0.1) is 5.69 Å². The minimum Gasteiger partial charge on any atom is -0.477 e. The van der Waals surface area contributed by atoms with Crippen molar-refractivity contribution >= 4 is 29.3 Å². The van der Waals surface area contributed by atoms with Gasteiger partial charge >= 0.3 is 5.97 Å². The average Bonchev–Trinajstić information content (AvgIpc) is 2.41. The first-order chi connectivity index (χ1) is 7.47. The Hall–Kier alpha value is -1.56. The van der Waals surface area contributed by atoms with Crippen LogP contribution in [0.25, 0.3) is 0 Å². The fourth-order valence-corrected chi connectivity index (χ4v) is 1.51. The molecule has 6 nitrogen and oxygen atoms in total. The van der Waals surface area contributed by atoms with E-state index in [-0.39, 0.29) is 29.6 Å². The monoisotopic (exact) mass is 245 g/mol. The van der Waals surface area contributed by atoms with Gasteiger partial charge in [-0.2, -0.15) is 5.10 Å². The summed E-state index contributed by atoms with van der Waals surface area (Å²) < 4.78 is 1.32. The lowest BCUT2D eigenvalue weighted by atomic mass is 10.2. The van der Waals surface area contributed by atoms with Crippen molar-refractivity contribution in [2.75, 3.05) is 11.2 Å². The van der Waals surface area contributed by atoms with Gasteiger partial charge in [-0.05, 0) is 6.92 Å². The third kappa shape index (κ3) is 2.52. The summed E-state index contributed by atoms with van der Waals surface area (Å²) in [5, 5.41) is 15.4. The van der Waals surface area contributed by atoms with Crippen LogP contribution in [0.5, 0.6) is 0 Å². The van der Waals surface area contributed by atoms with E-state index in [1.165, 1.54) is 4.68 Å². The molecule has 0 radical (unpaired) electrons. The molecule has 1 aromatic heterocycles. The van der Waals surface area contributed by atoms with Gasteiger partial charge in [0.15, 0.2) is 0 Å². The number of aryl methyl sites for hydroxylation is 2. The highest BCUT2D eigenvalue weighted by Crippen LogP contribution is 2.18. The van der Waals surface area contributed by atoms with Crippen molar-refractivity contribution in [1.29, 1.82) is 0 Å². The number of anilines is 1. The number of amides is 1. The molecule has 0 saturated heterocycles. The molecule has 0 fully saturated rings. The van der Waals surface area contributed by atoms with E-state index in [2.05, 4.69) is 10.4 Å². The van der Waals surface area contributed by atoms with Gasteiger partial charge in [-0.3, -0.25) is 9.48 Å². The van der Waals surface area contributed by atoms with E-state index >= 15 is 0 Å². The van der Waals surface area contributed by atoms with Crippen LogP contribution in [0.3, 0.4) is 0 Å². The summed E-state index contributed by atoms with van der Waals surface area (Å²) in [6.07, 6.45) is 0.130. The van der Waals surface area contributed by atoms with Crippen molar-refractivity contribution in [2.24, 2.45) is 7.05 Å². The molecule has 0 atom stereocenters. The molecule has 7 heteroatoms. The Kier molecular flexibility index (Phi) is 3.89. The molecule has 16 heavy (non-hydrogen) atoms. The summed E-state index contributed by atoms with van der Waals surface area (Å²) in [5.74, 6) is -1.09. The highest BCUT2D eigenvalue weighted by atomic mass is 35.5. The van der Waals surface area contributed by atoms with Crippen LogP contribution in [-0.4, -0.2) is 32.6 Å². The molecule has 0 spiro atoms. The fraction of sp³-hybridized carbons (Fsp3) is 0.444. The number of carboxylic acid groups (broad SMARTS) is 1. The average molecular weight is 246 g/mol. The summed E-state index contributed by atoms with van der Waals surface area (Å²) in [4.78, 5) is 22.3. The van der Waals surface area contributed by atoms with E-state index in [1.807, 2.05) is 0 Å². The summed E-state index contributed by atoms with van der Waals surface area (Å²) in [6, 6.07) is 0. The molecular weight excluding hydrogens is 234 g/mol. The Balaban J connectivity index is 3.03. The first-order valence-corrected chi connectivity index (χ1v) is 5.13. The van der Waals surface area contributed by atoms with E-state index < -0.39 is 5.97 Å². The number of nitrogens with one attached hydrogen (secondary N) is 1. The van der Waals surface area contributed by atoms with Crippen molar-refractivity contribution in [2.45, 2.75) is 13.3 Å². The predicted octanol–water partition coefficient (Wildman–Crippen LogP) is 0.994. The summed E-state index contributed by atoms with van der Waals surface area (Å²) in [7, 11) is 1.57. The highest BCUT2D eigenvalue weighted by molar-refractivity contribution is 6.19. The van der Waals surface area contributed by atoms with Crippen LogP contribution in [0, 0.1) is 6.92 Å². The summed E-state index contributed by atoms with van der Waals surface area (Å²) in [5.41, 5.74) is 0.363. The van der Waals surface area contributed by atoms with Gasteiger partial charge in [0.1, 0.15) is 11.4 Å². The Morgan fingerprint density at radius 1 is 1.56 bits per heavy atom. The molecule has 0 aromatic carbocycles. The van der Waals surface area contributed by atoms with E-state index in [9.17, 15) is 9.59 Å². The minimum absolute atomic E-state index is 0.00502. The van der Waals surface area contributed by atoms with E-state index in [1.54, 1.807) is 14.0 Å². The topological polar surface area (TPSA) is 84.2 Å². The molecular formula is C9H12ClN3O3. The normalized spacial score (nSPS) is 10.2. The Bertz CT molecular complexity index is 428. The van der Waals surface area contributed by atoms with Gasteiger partial charge in [0.25, 0.3) is 0 Å². The molecule has 1 amide bonds. The van der Waals surface area contributed by atoms with Gasteiger partial charge in [-0.25, -0.2) is 4.79 Å². The molecule has 88 valence electrons. The molecule has 2 N–H and O–H groups in total. The zero-order valence-corrected chi connectivity index (χ0v) is 9.71. The molecule has 0 saturated carbocycles. The number of carbonyl (C=O) groups excluding carboxylic acids is 1. The van der Waals surface area contributed by atoms with Crippen LogP contribution < -0.4 is 5.32 Å². The zero-order chi connectivity index (χ0) is 12.3. The number of aromatic nitrogens is 2. The zero-order valence-electron chi connectivity index (χ0n) is 8.95. The van der Waals surface area contributed by atoms with Crippen LogP contribution in [0.4, 0.5) is 5.82 Å². The van der Waals surface area contributed by atoms with Crippen LogP contribution in [-0.2, 0) is 11.8 Å². The lowest BCUT2D eigenvalue weighted by Crippen LogP contribution is -2.16. The van der Waals surface area contributed by atoms with E-state index in [0.717, 1.165) is 0 Å². The van der Waals surface area contributed by atoms with Gasteiger partial charge in [0.2, 0.25) is 5.91 Å². The molecule has 0 aliphatic carbocycles. The third-order valence-corrected chi connectivity index (χ3v) is 2.20. The number of hydrogen-bond donors (Lipinski definition) is 2. The highest BCUT2D eigenvalue weighted by Gasteiger charge is 2.20. The van der Waals surface area contributed by atoms with Gasteiger partial charge in [-0.1, -0.05) is 0 Å².